The first kappa shape index (κ1) is 12.0. The lowest BCUT2D eigenvalue weighted by molar-refractivity contribution is -0.141. The molecule has 3 rings (SSSR count). The molecule has 0 aliphatic carbocycles. The number of piperidine rings is 2. The summed E-state index contributed by atoms with van der Waals surface area (Å²) in [6.45, 7) is 3.30. The summed E-state index contributed by atoms with van der Waals surface area (Å²) in [6.07, 6.45) is 3.96. The lowest BCUT2D eigenvalue weighted by atomic mass is 9.89. The Morgan fingerprint density at radius 1 is 1.22 bits per heavy atom. The third-order valence-electron chi connectivity index (χ3n) is 4.53. The molecule has 0 saturated carbocycles. The number of carbonyl (C=O) groups excluding carboxylic acids is 2. The van der Waals surface area contributed by atoms with Gasteiger partial charge >= 0.3 is 0 Å². The molecule has 0 aromatic heterocycles. The number of amides is 2. The highest BCUT2D eigenvalue weighted by Gasteiger charge is 2.43. The van der Waals surface area contributed by atoms with Gasteiger partial charge in [0.2, 0.25) is 11.8 Å². The zero-order chi connectivity index (χ0) is 12.5. The zero-order valence-electron chi connectivity index (χ0n) is 10.7. The Morgan fingerprint density at radius 2 is 2.11 bits per heavy atom. The van der Waals surface area contributed by atoms with Gasteiger partial charge < -0.3 is 15.5 Å². The second kappa shape index (κ2) is 4.88. The van der Waals surface area contributed by atoms with Crippen LogP contribution in [-0.2, 0) is 9.59 Å². The van der Waals surface area contributed by atoms with E-state index in [1.54, 1.807) is 0 Å². The maximum Gasteiger partial charge on any atom is 0.227 e. The maximum atomic E-state index is 12.5. The van der Waals surface area contributed by atoms with Crippen molar-refractivity contribution >= 4 is 11.8 Å². The summed E-state index contributed by atoms with van der Waals surface area (Å²) >= 11 is 0. The lowest BCUT2D eigenvalue weighted by Crippen LogP contribution is -2.52. The minimum atomic E-state index is 0.0410. The molecule has 3 heterocycles. The largest absolute Gasteiger partial charge is 0.354 e. The van der Waals surface area contributed by atoms with Crippen LogP contribution in [0.15, 0.2) is 0 Å². The van der Waals surface area contributed by atoms with E-state index in [4.69, 9.17) is 0 Å². The molecular weight excluding hydrogens is 230 g/mol. The van der Waals surface area contributed by atoms with E-state index >= 15 is 0 Å². The maximum absolute atomic E-state index is 12.5. The van der Waals surface area contributed by atoms with Crippen molar-refractivity contribution in [3.63, 3.8) is 0 Å². The van der Waals surface area contributed by atoms with Crippen LogP contribution in [0.3, 0.4) is 0 Å². The molecule has 2 amide bonds. The minimum absolute atomic E-state index is 0.0410. The highest BCUT2D eigenvalue weighted by Crippen LogP contribution is 2.29. The third kappa shape index (κ3) is 2.00. The first-order chi connectivity index (χ1) is 8.77. The molecule has 3 aliphatic rings. The molecule has 5 heteroatoms. The fourth-order valence-electron chi connectivity index (χ4n) is 3.52. The smallest absolute Gasteiger partial charge is 0.227 e. The van der Waals surface area contributed by atoms with E-state index in [1.165, 1.54) is 0 Å². The van der Waals surface area contributed by atoms with Crippen molar-refractivity contribution in [1.82, 2.24) is 15.5 Å². The predicted molar refractivity (Wildman–Crippen MR) is 66.8 cm³/mol. The highest BCUT2D eigenvalue weighted by molar-refractivity contribution is 5.85. The van der Waals surface area contributed by atoms with Gasteiger partial charge in [-0.25, -0.2) is 0 Å². The zero-order valence-corrected chi connectivity index (χ0v) is 10.7. The fourth-order valence-corrected chi connectivity index (χ4v) is 3.52. The topological polar surface area (TPSA) is 61.4 Å². The summed E-state index contributed by atoms with van der Waals surface area (Å²) in [5, 5.41) is 6.19. The van der Waals surface area contributed by atoms with Crippen LogP contribution in [0, 0.1) is 11.8 Å². The van der Waals surface area contributed by atoms with Crippen LogP contribution < -0.4 is 10.6 Å². The summed E-state index contributed by atoms with van der Waals surface area (Å²) in [4.78, 5) is 26.2. The number of carbonyl (C=O) groups is 2. The van der Waals surface area contributed by atoms with Gasteiger partial charge in [-0.1, -0.05) is 0 Å². The average Bonchev–Trinajstić information content (AvgIpc) is 2.81. The Balaban J connectivity index is 1.70. The second-order valence-electron chi connectivity index (χ2n) is 5.64. The van der Waals surface area contributed by atoms with E-state index in [0.29, 0.717) is 6.54 Å². The van der Waals surface area contributed by atoms with Gasteiger partial charge in [0, 0.05) is 19.6 Å². The third-order valence-corrected chi connectivity index (χ3v) is 4.53. The molecule has 3 saturated heterocycles. The van der Waals surface area contributed by atoms with E-state index < -0.39 is 0 Å². The number of likely N-dealkylation sites (tertiary alicyclic amines) is 1. The lowest BCUT2D eigenvalue weighted by Gasteiger charge is -2.38. The fraction of sp³-hybridized carbons (Fsp3) is 0.846. The molecule has 0 aromatic carbocycles. The monoisotopic (exact) mass is 251 g/mol. The average molecular weight is 251 g/mol. The van der Waals surface area contributed by atoms with Crippen LogP contribution in [0.5, 0.6) is 0 Å². The Bertz CT molecular complexity index is 352. The SMILES string of the molecule is O=C1NCC2C1CCCN2C(=O)[C@H]1CCCNC1. The van der Waals surface area contributed by atoms with Gasteiger partial charge in [-0.05, 0) is 32.2 Å². The predicted octanol–water partition coefficient (Wildman–Crippen LogP) is -0.277. The highest BCUT2D eigenvalue weighted by atomic mass is 16.2. The van der Waals surface area contributed by atoms with Gasteiger partial charge in [0.1, 0.15) is 0 Å². The van der Waals surface area contributed by atoms with Crippen LogP contribution in [0.2, 0.25) is 0 Å². The summed E-state index contributed by atoms with van der Waals surface area (Å²) in [7, 11) is 0. The van der Waals surface area contributed by atoms with Gasteiger partial charge in [0.15, 0.2) is 0 Å². The van der Waals surface area contributed by atoms with Gasteiger partial charge in [0.25, 0.3) is 0 Å². The van der Waals surface area contributed by atoms with Crippen molar-refractivity contribution in [1.29, 1.82) is 0 Å². The van der Waals surface area contributed by atoms with E-state index in [9.17, 15) is 9.59 Å². The van der Waals surface area contributed by atoms with Crippen molar-refractivity contribution in [2.45, 2.75) is 31.7 Å². The van der Waals surface area contributed by atoms with Gasteiger partial charge in [-0.3, -0.25) is 9.59 Å². The van der Waals surface area contributed by atoms with Gasteiger partial charge in [-0.15, -0.1) is 0 Å². The first-order valence-electron chi connectivity index (χ1n) is 7.06. The van der Waals surface area contributed by atoms with Crippen molar-refractivity contribution < 1.29 is 9.59 Å². The first-order valence-corrected chi connectivity index (χ1v) is 7.06. The summed E-state index contributed by atoms with van der Waals surface area (Å²) in [6, 6.07) is 0.112. The molecule has 0 radical (unpaired) electrons. The standard InChI is InChI=1S/C13H21N3O2/c17-12-10-4-2-6-16(11(10)8-15-12)13(18)9-3-1-5-14-7-9/h9-11,14H,1-8H2,(H,15,17)/t9-,10?,11?/m0/s1. The molecule has 2 N–H and O–H groups in total. The molecule has 0 spiro atoms. The van der Waals surface area contributed by atoms with E-state index in [1.807, 2.05) is 4.90 Å². The number of rotatable bonds is 1. The van der Waals surface area contributed by atoms with Crippen LogP contribution in [0.1, 0.15) is 25.7 Å². The van der Waals surface area contributed by atoms with Crippen molar-refractivity contribution in [3.8, 4) is 0 Å². The Hall–Kier alpha value is -1.10. The van der Waals surface area contributed by atoms with Crippen molar-refractivity contribution in [3.05, 3.63) is 0 Å². The summed E-state index contributed by atoms with van der Waals surface area (Å²) in [5.74, 6) is 0.556. The Kier molecular flexibility index (Phi) is 3.24. The number of nitrogens with one attached hydrogen (secondary N) is 2. The van der Waals surface area contributed by atoms with Crippen LogP contribution in [0.25, 0.3) is 0 Å². The van der Waals surface area contributed by atoms with Gasteiger partial charge in [-0.2, -0.15) is 0 Å². The molecule has 0 bridgehead atoms. The molecule has 18 heavy (non-hydrogen) atoms. The number of nitrogens with zero attached hydrogens (tertiary/aromatic N) is 1. The van der Waals surface area contributed by atoms with Crippen LogP contribution >= 0.6 is 0 Å². The Morgan fingerprint density at radius 3 is 2.89 bits per heavy atom. The van der Waals surface area contributed by atoms with Crippen molar-refractivity contribution in [2.75, 3.05) is 26.2 Å². The molecule has 5 nitrogen and oxygen atoms in total. The number of hydrogen-bond acceptors (Lipinski definition) is 3. The molecule has 2 unspecified atom stereocenters. The molecule has 3 atom stereocenters. The summed E-state index contributed by atoms with van der Waals surface area (Å²) < 4.78 is 0. The quantitative estimate of drug-likeness (QED) is 0.674. The number of hydrogen-bond donors (Lipinski definition) is 2. The second-order valence-corrected chi connectivity index (χ2v) is 5.64. The minimum Gasteiger partial charge on any atom is -0.354 e. The summed E-state index contributed by atoms with van der Waals surface area (Å²) in [5.41, 5.74) is 0. The Labute approximate surface area is 107 Å². The van der Waals surface area contributed by atoms with E-state index in [-0.39, 0.29) is 29.7 Å². The van der Waals surface area contributed by atoms with E-state index in [2.05, 4.69) is 10.6 Å². The molecule has 0 aromatic rings. The molecule has 3 aliphatic heterocycles. The molecular formula is C13H21N3O2. The van der Waals surface area contributed by atoms with Crippen LogP contribution in [0.4, 0.5) is 0 Å². The van der Waals surface area contributed by atoms with Crippen molar-refractivity contribution in [2.24, 2.45) is 11.8 Å². The number of fused-ring (bicyclic) bond motifs is 1. The normalized spacial score (nSPS) is 36.1. The van der Waals surface area contributed by atoms with Crippen LogP contribution in [-0.4, -0.2) is 48.9 Å². The van der Waals surface area contributed by atoms with E-state index in [0.717, 1.165) is 45.3 Å². The molecule has 3 fully saturated rings. The molecule has 100 valence electrons. The van der Waals surface area contributed by atoms with Gasteiger partial charge in [0.05, 0.1) is 17.9 Å².